The standard InChI is InChI=1S/C11H11N3O2/c15-11(16)8-5-2-6-9-12-10(13-14(8)9)7-3-1-4-7/h2,5-7H,1,3-4H2,(H,15,16). The summed E-state index contributed by atoms with van der Waals surface area (Å²) in [6.07, 6.45) is 3.44. The number of carboxylic acid groups (broad SMARTS) is 1. The Hall–Kier alpha value is -1.91. The number of nitrogens with zero attached hydrogens (tertiary/aromatic N) is 3. The number of carboxylic acids is 1. The van der Waals surface area contributed by atoms with Crippen LogP contribution in [0.4, 0.5) is 0 Å². The Morgan fingerprint density at radius 1 is 1.44 bits per heavy atom. The summed E-state index contributed by atoms with van der Waals surface area (Å²) >= 11 is 0. The van der Waals surface area contributed by atoms with Crippen molar-refractivity contribution in [2.24, 2.45) is 0 Å². The zero-order chi connectivity index (χ0) is 11.1. The number of fused-ring (bicyclic) bond motifs is 1. The Kier molecular flexibility index (Phi) is 1.92. The molecule has 2 heterocycles. The van der Waals surface area contributed by atoms with Crippen molar-refractivity contribution in [3.8, 4) is 0 Å². The van der Waals surface area contributed by atoms with Gasteiger partial charge in [-0.2, -0.15) is 5.10 Å². The first-order valence-electron chi connectivity index (χ1n) is 5.34. The average molecular weight is 217 g/mol. The molecule has 1 aliphatic rings. The number of aromatic nitrogens is 3. The van der Waals surface area contributed by atoms with Crippen LogP contribution in [-0.4, -0.2) is 25.7 Å². The van der Waals surface area contributed by atoms with Gasteiger partial charge in [0.2, 0.25) is 0 Å². The van der Waals surface area contributed by atoms with E-state index in [0.717, 1.165) is 18.7 Å². The molecule has 0 aromatic carbocycles. The molecular weight excluding hydrogens is 206 g/mol. The second-order valence-corrected chi connectivity index (χ2v) is 4.08. The van der Waals surface area contributed by atoms with Crippen molar-refractivity contribution in [3.63, 3.8) is 0 Å². The molecule has 82 valence electrons. The van der Waals surface area contributed by atoms with Crippen LogP contribution in [-0.2, 0) is 0 Å². The van der Waals surface area contributed by atoms with Crippen molar-refractivity contribution in [3.05, 3.63) is 29.7 Å². The molecule has 5 nitrogen and oxygen atoms in total. The minimum Gasteiger partial charge on any atom is -0.477 e. The average Bonchev–Trinajstić information content (AvgIpc) is 2.56. The summed E-state index contributed by atoms with van der Waals surface area (Å²) in [7, 11) is 0. The van der Waals surface area contributed by atoms with Crippen LogP contribution >= 0.6 is 0 Å². The number of carbonyl (C=O) groups is 1. The second kappa shape index (κ2) is 3.30. The molecule has 1 aliphatic carbocycles. The van der Waals surface area contributed by atoms with Crippen molar-refractivity contribution in [1.29, 1.82) is 0 Å². The highest BCUT2D eigenvalue weighted by atomic mass is 16.4. The van der Waals surface area contributed by atoms with Crippen molar-refractivity contribution >= 4 is 11.6 Å². The van der Waals surface area contributed by atoms with E-state index in [1.807, 2.05) is 0 Å². The van der Waals surface area contributed by atoms with E-state index < -0.39 is 5.97 Å². The Morgan fingerprint density at radius 3 is 2.88 bits per heavy atom. The predicted octanol–water partition coefficient (Wildman–Crippen LogP) is 1.69. The fourth-order valence-electron chi connectivity index (χ4n) is 1.92. The lowest BCUT2D eigenvalue weighted by atomic mass is 9.85. The quantitative estimate of drug-likeness (QED) is 0.831. The summed E-state index contributed by atoms with van der Waals surface area (Å²) < 4.78 is 1.41. The van der Waals surface area contributed by atoms with Gasteiger partial charge >= 0.3 is 5.97 Å². The van der Waals surface area contributed by atoms with E-state index in [9.17, 15) is 4.79 Å². The molecule has 1 N–H and O–H groups in total. The minimum atomic E-state index is -0.976. The highest BCUT2D eigenvalue weighted by molar-refractivity contribution is 5.86. The topological polar surface area (TPSA) is 67.5 Å². The van der Waals surface area contributed by atoms with Crippen LogP contribution in [0.1, 0.15) is 41.5 Å². The molecule has 2 aromatic heterocycles. The fourth-order valence-corrected chi connectivity index (χ4v) is 1.92. The minimum absolute atomic E-state index is 0.163. The van der Waals surface area contributed by atoms with Gasteiger partial charge in [-0.25, -0.2) is 14.3 Å². The van der Waals surface area contributed by atoms with E-state index in [1.165, 1.54) is 17.0 Å². The van der Waals surface area contributed by atoms with E-state index >= 15 is 0 Å². The van der Waals surface area contributed by atoms with E-state index in [1.54, 1.807) is 12.1 Å². The molecule has 16 heavy (non-hydrogen) atoms. The molecule has 0 aliphatic heterocycles. The molecule has 0 saturated heterocycles. The molecule has 0 radical (unpaired) electrons. The molecular formula is C11H11N3O2. The van der Waals surface area contributed by atoms with Gasteiger partial charge in [-0.05, 0) is 25.0 Å². The number of pyridine rings is 1. The van der Waals surface area contributed by atoms with E-state index in [0.29, 0.717) is 11.6 Å². The lowest BCUT2D eigenvalue weighted by Crippen LogP contribution is -2.11. The summed E-state index contributed by atoms with van der Waals surface area (Å²) in [5, 5.41) is 13.3. The van der Waals surface area contributed by atoms with E-state index in [2.05, 4.69) is 10.1 Å². The summed E-state index contributed by atoms with van der Waals surface area (Å²) in [4.78, 5) is 15.4. The zero-order valence-electron chi connectivity index (χ0n) is 8.63. The molecule has 0 atom stereocenters. The number of hydrogen-bond acceptors (Lipinski definition) is 3. The number of rotatable bonds is 2. The van der Waals surface area contributed by atoms with Crippen LogP contribution in [0, 0.1) is 0 Å². The molecule has 1 fully saturated rings. The maximum absolute atomic E-state index is 11.0. The Labute approximate surface area is 91.7 Å². The third-order valence-electron chi connectivity index (χ3n) is 3.07. The lowest BCUT2D eigenvalue weighted by Gasteiger charge is -2.21. The highest BCUT2D eigenvalue weighted by Crippen LogP contribution is 2.34. The molecule has 0 unspecified atom stereocenters. The molecule has 0 spiro atoms. The van der Waals surface area contributed by atoms with Crippen molar-refractivity contribution in [1.82, 2.24) is 14.6 Å². The van der Waals surface area contributed by atoms with Gasteiger partial charge in [0.1, 0.15) is 0 Å². The largest absolute Gasteiger partial charge is 0.477 e. The maximum Gasteiger partial charge on any atom is 0.354 e. The van der Waals surface area contributed by atoms with Crippen LogP contribution < -0.4 is 0 Å². The third kappa shape index (κ3) is 1.28. The fraction of sp³-hybridized carbons (Fsp3) is 0.364. The predicted molar refractivity (Wildman–Crippen MR) is 56.5 cm³/mol. The molecule has 3 rings (SSSR count). The molecule has 0 amide bonds. The highest BCUT2D eigenvalue weighted by Gasteiger charge is 2.24. The summed E-state index contributed by atoms with van der Waals surface area (Å²) in [5.41, 5.74) is 0.775. The van der Waals surface area contributed by atoms with Gasteiger partial charge in [0.05, 0.1) is 0 Å². The number of aromatic carboxylic acids is 1. The van der Waals surface area contributed by atoms with Gasteiger partial charge in [-0.15, -0.1) is 0 Å². The second-order valence-electron chi connectivity index (χ2n) is 4.08. The zero-order valence-corrected chi connectivity index (χ0v) is 8.63. The molecule has 1 saturated carbocycles. The summed E-state index contributed by atoms with van der Waals surface area (Å²) in [6, 6.07) is 5.01. The van der Waals surface area contributed by atoms with Gasteiger partial charge in [0, 0.05) is 5.92 Å². The van der Waals surface area contributed by atoms with Crippen LogP contribution in [0.3, 0.4) is 0 Å². The van der Waals surface area contributed by atoms with Gasteiger partial charge in [0.15, 0.2) is 17.2 Å². The first-order valence-corrected chi connectivity index (χ1v) is 5.34. The smallest absolute Gasteiger partial charge is 0.354 e. The van der Waals surface area contributed by atoms with Crippen LogP contribution in [0.25, 0.3) is 5.65 Å². The van der Waals surface area contributed by atoms with Crippen LogP contribution in [0.2, 0.25) is 0 Å². The van der Waals surface area contributed by atoms with Gasteiger partial charge < -0.3 is 5.11 Å². The van der Waals surface area contributed by atoms with Crippen molar-refractivity contribution < 1.29 is 9.90 Å². The SMILES string of the molecule is O=C(O)c1cccc2nc(C3CCC3)nn12. The van der Waals surface area contributed by atoms with E-state index in [-0.39, 0.29) is 5.69 Å². The Balaban J connectivity index is 2.15. The maximum atomic E-state index is 11.0. The van der Waals surface area contributed by atoms with Gasteiger partial charge in [-0.1, -0.05) is 12.5 Å². The van der Waals surface area contributed by atoms with Gasteiger partial charge in [0.25, 0.3) is 0 Å². The number of hydrogen-bond donors (Lipinski definition) is 1. The molecule has 0 bridgehead atoms. The third-order valence-corrected chi connectivity index (χ3v) is 3.07. The summed E-state index contributed by atoms with van der Waals surface area (Å²) in [5.74, 6) is 0.220. The van der Waals surface area contributed by atoms with E-state index in [4.69, 9.17) is 5.11 Å². The normalized spacial score (nSPS) is 16.2. The van der Waals surface area contributed by atoms with Gasteiger partial charge in [-0.3, -0.25) is 0 Å². The Bertz CT molecular complexity index is 557. The molecule has 2 aromatic rings. The van der Waals surface area contributed by atoms with Crippen LogP contribution in [0.15, 0.2) is 18.2 Å². The summed E-state index contributed by atoms with van der Waals surface area (Å²) in [6.45, 7) is 0. The van der Waals surface area contributed by atoms with Crippen LogP contribution in [0.5, 0.6) is 0 Å². The molecule has 5 heteroatoms. The first-order chi connectivity index (χ1) is 7.75. The Morgan fingerprint density at radius 2 is 2.25 bits per heavy atom. The lowest BCUT2D eigenvalue weighted by molar-refractivity contribution is 0.0687. The monoisotopic (exact) mass is 217 g/mol. The first kappa shape index (κ1) is 9.33. The van der Waals surface area contributed by atoms with Crippen molar-refractivity contribution in [2.45, 2.75) is 25.2 Å². The van der Waals surface area contributed by atoms with Crippen molar-refractivity contribution in [2.75, 3.05) is 0 Å².